The summed E-state index contributed by atoms with van der Waals surface area (Å²) in [6.07, 6.45) is 4.73. The highest BCUT2D eigenvalue weighted by Crippen LogP contribution is 2.22. The fourth-order valence-electron chi connectivity index (χ4n) is 2.78. The van der Waals surface area contributed by atoms with E-state index in [0.29, 0.717) is 24.6 Å². The molecule has 2 aliphatic rings. The lowest BCUT2D eigenvalue weighted by Gasteiger charge is -2.26. The molecule has 0 radical (unpaired) electrons. The number of sulfonamides is 1. The maximum Gasteiger partial charge on any atom is 0.256 e. The Kier molecular flexibility index (Phi) is 5.13. The lowest BCUT2D eigenvalue weighted by atomic mass is 10.1. The largest absolute Gasteiger partial charge is 0.491 e. The molecule has 8 heteroatoms. The number of carbonyl (C=O) groups excluding carboxylic acids is 1. The van der Waals surface area contributed by atoms with Gasteiger partial charge in [0.15, 0.2) is 0 Å². The van der Waals surface area contributed by atoms with Gasteiger partial charge in [-0.05, 0) is 37.1 Å². The molecule has 7 nitrogen and oxygen atoms in total. The number of rotatable bonds is 5. The Bertz CT molecular complexity index is 896. The second-order valence-electron chi connectivity index (χ2n) is 6.17. The number of nitrogens with one attached hydrogen (secondary N) is 1. The molecule has 3 rings (SSSR count). The van der Waals surface area contributed by atoms with Gasteiger partial charge in [0.25, 0.3) is 15.9 Å². The first kappa shape index (κ1) is 18.2. The fraction of sp³-hybridized carbons (Fsp3) is 0.333. The molecule has 0 bridgehead atoms. The molecule has 0 atom stereocenters. The first-order valence-electron chi connectivity index (χ1n) is 8.32. The van der Waals surface area contributed by atoms with E-state index < -0.39 is 10.0 Å². The van der Waals surface area contributed by atoms with Gasteiger partial charge in [-0.25, -0.2) is 8.42 Å². The normalized spacial score (nSPS) is 17.8. The second kappa shape index (κ2) is 7.33. The molecule has 26 heavy (non-hydrogen) atoms. The molecule has 0 fully saturated rings. The topological polar surface area (TPSA) is 88.1 Å². The van der Waals surface area contributed by atoms with Gasteiger partial charge in [-0.3, -0.25) is 4.79 Å². The third kappa shape index (κ3) is 4.13. The third-order valence-electron chi connectivity index (χ3n) is 4.13. The highest BCUT2D eigenvalue weighted by atomic mass is 32.2. The Hall–Kier alpha value is -2.61. The zero-order chi connectivity index (χ0) is 18.7. The lowest BCUT2D eigenvalue weighted by molar-refractivity contribution is -0.117. The van der Waals surface area contributed by atoms with Crippen molar-refractivity contribution in [1.29, 1.82) is 0 Å². The SMILES string of the molecule is Cc1cccc(C)c1OCCNC(=O)C1=CN2CCS(=O)(=O)N=C2C=C1. The van der Waals surface area contributed by atoms with E-state index in [0.717, 1.165) is 16.9 Å². The van der Waals surface area contributed by atoms with Gasteiger partial charge in [0, 0.05) is 12.7 Å². The van der Waals surface area contributed by atoms with Crippen molar-refractivity contribution in [2.75, 3.05) is 25.4 Å². The summed E-state index contributed by atoms with van der Waals surface area (Å²) in [5.41, 5.74) is 2.57. The van der Waals surface area contributed by atoms with E-state index in [2.05, 4.69) is 9.71 Å². The van der Waals surface area contributed by atoms with Gasteiger partial charge in [-0.15, -0.1) is 4.40 Å². The van der Waals surface area contributed by atoms with Crippen LogP contribution in [-0.4, -0.2) is 50.5 Å². The number of amidine groups is 1. The minimum absolute atomic E-state index is 0.0562. The first-order chi connectivity index (χ1) is 12.4. The van der Waals surface area contributed by atoms with Crippen molar-refractivity contribution in [3.05, 3.63) is 53.3 Å². The van der Waals surface area contributed by atoms with Crippen LogP contribution in [0.1, 0.15) is 11.1 Å². The van der Waals surface area contributed by atoms with E-state index >= 15 is 0 Å². The number of hydrogen-bond donors (Lipinski definition) is 1. The third-order valence-corrected chi connectivity index (χ3v) is 5.29. The monoisotopic (exact) mass is 375 g/mol. The molecule has 2 aliphatic heterocycles. The molecule has 0 saturated carbocycles. The molecule has 0 spiro atoms. The number of para-hydroxylation sites is 1. The average molecular weight is 375 g/mol. The Balaban J connectivity index is 1.54. The zero-order valence-electron chi connectivity index (χ0n) is 14.7. The van der Waals surface area contributed by atoms with Crippen LogP contribution in [0.3, 0.4) is 0 Å². The predicted molar refractivity (Wildman–Crippen MR) is 99.6 cm³/mol. The van der Waals surface area contributed by atoms with Crippen LogP contribution in [0.2, 0.25) is 0 Å². The number of hydrogen-bond acceptors (Lipinski definition) is 5. The van der Waals surface area contributed by atoms with Gasteiger partial charge >= 0.3 is 0 Å². The van der Waals surface area contributed by atoms with Gasteiger partial charge in [-0.1, -0.05) is 18.2 Å². The first-order valence-corrected chi connectivity index (χ1v) is 9.93. The van der Waals surface area contributed by atoms with E-state index in [4.69, 9.17) is 4.74 Å². The maximum absolute atomic E-state index is 12.3. The highest BCUT2D eigenvalue weighted by molar-refractivity contribution is 7.90. The van der Waals surface area contributed by atoms with Gasteiger partial charge < -0.3 is 15.0 Å². The molecule has 138 valence electrons. The van der Waals surface area contributed by atoms with E-state index in [-0.39, 0.29) is 18.2 Å². The van der Waals surface area contributed by atoms with E-state index in [1.165, 1.54) is 0 Å². The summed E-state index contributed by atoms with van der Waals surface area (Å²) in [5.74, 6) is 0.887. The molecular weight excluding hydrogens is 354 g/mol. The number of carbonyl (C=O) groups is 1. The minimum Gasteiger partial charge on any atom is -0.491 e. The van der Waals surface area contributed by atoms with Crippen LogP contribution in [0.4, 0.5) is 0 Å². The van der Waals surface area contributed by atoms with E-state index in [1.54, 1.807) is 23.3 Å². The molecule has 0 aliphatic carbocycles. The van der Waals surface area contributed by atoms with E-state index in [1.807, 2.05) is 32.0 Å². The summed E-state index contributed by atoms with van der Waals surface area (Å²) in [5, 5.41) is 2.81. The quantitative estimate of drug-likeness (QED) is 0.784. The van der Waals surface area contributed by atoms with Crippen LogP contribution in [-0.2, 0) is 14.8 Å². The lowest BCUT2D eigenvalue weighted by Crippen LogP contribution is -2.38. The van der Waals surface area contributed by atoms with Crippen molar-refractivity contribution < 1.29 is 17.9 Å². The summed E-state index contributed by atoms with van der Waals surface area (Å²) in [6, 6.07) is 5.94. The summed E-state index contributed by atoms with van der Waals surface area (Å²) >= 11 is 0. The summed E-state index contributed by atoms with van der Waals surface area (Å²) in [6.45, 7) is 4.99. The smallest absolute Gasteiger partial charge is 0.256 e. The molecule has 0 unspecified atom stereocenters. The van der Waals surface area contributed by atoms with Crippen LogP contribution in [0.25, 0.3) is 0 Å². The molecule has 1 N–H and O–H groups in total. The van der Waals surface area contributed by atoms with Crippen LogP contribution < -0.4 is 10.1 Å². The average Bonchev–Trinajstić information content (AvgIpc) is 2.59. The molecule has 1 aromatic rings. The number of aryl methyl sites for hydroxylation is 2. The number of nitrogens with zero attached hydrogens (tertiary/aromatic N) is 2. The van der Waals surface area contributed by atoms with Crippen molar-refractivity contribution in [2.24, 2.45) is 4.40 Å². The standard InChI is InChI=1S/C18H21N3O4S/c1-13-4-3-5-14(2)17(13)25-10-8-19-18(22)15-6-7-16-20-26(23,24)11-9-21(16)12-15/h3-7,12H,8-11H2,1-2H3,(H,19,22). The van der Waals surface area contributed by atoms with Crippen molar-refractivity contribution in [2.45, 2.75) is 13.8 Å². The van der Waals surface area contributed by atoms with Gasteiger partial charge in [0.2, 0.25) is 0 Å². The number of ether oxygens (including phenoxy) is 1. The molecule has 0 aromatic heterocycles. The summed E-state index contributed by atoms with van der Waals surface area (Å²) < 4.78 is 32.4. The van der Waals surface area contributed by atoms with Crippen molar-refractivity contribution in [3.8, 4) is 5.75 Å². The molecule has 2 heterocycles. The van der Waals surface area contributed by atoms with Crippen LogP contribution in [0, 0.1) is 13.8 Å². The predicted octanol–water partition coefficient (Wildman–Crippen LogP) is 1.30. The van der Waals surface area contributed by atoms with Gasteiger partial charge in [0.05, 0.1) is 17.9 Å². The Labute approximate surface area is 153 Å². The Morgan fingerprint density at radius 3 is 2.73 bits per heavy atom. The van der Waals surface area contributed by atoms with Crippen LogP contribution >= 0.6 is 0 Å². The Morgan fingerprint density at radius 2 is 2.00 bits per heavy atom. The fourth-order valence-corrected chi connectivity index (χ4v) is 3.75. The molecular formula is C18H21N3O4S. The van der Waals surface area contributed by atoms with Crippen molar-refractivity contribution in [1.82, 2.24) is 10.2 Å². The van der Waals surface area contributed by atoms with E-state index in [9.17, 15) is 13.2 Å². The second-order valence-corrected chi connectivity index (χ2v) is 7.93. The molecule has 1 amide bonds. The van der Waals surface area contributed by atoms with Crippen molar-refractivity contribution in [3.63, 3.8) is 0 Å². The maximum atomic E-state index is 12.3. The van der Waals surface area contributed by atoms with Crippen LogP contribution in [0.5, 0.6) is 5.75 Å². The number of benzene rings is 1. The number of fused-ring (bicyclic) bond motifs is 1. The molecule has 0 saturated heterocycles. The zero-order valence-corrected chi connectivity index (χ0v) is 15.5. The van der Waals surface area contributed by atoms with Gasteiger partial charge in [0.1, 0.15) is 18.2 Å². The van der Waals surface area contributed by atoms with Crippen LogP contribution in [0.15, 0.2) is 46.5 Å². The Morgan fingerprint density at radius 1 is 1.27 bits per heavy atom. The van der Waals surface area contributed by atoms with Crippen molar-refractivity contribution >= 4 is 21.8 Å². The minimum atomic E-state index is -3.39. The van der Waals surface area contributed by atoms with Gasteiger partial charge in [-0.2, -0.15) is 0 Å². The number of amides is 1. The summed E-state index contributed by atoms with van der Waals surface area (Å²) in [4.78, 5) is 13.9. The molecule has 1 aromatic carbocycles. The highest BCUT2D eigenvalue weighted by Gasteiger charge is 2.24. The summed E-state index contributed by atoms with van der Waals surface area (Å²) in [7, 11) is -3.39.